The molecule has 3 aromatic rings. The standard InChI is InChI=1S/C19H18N4O3/c20-16(24)10-9-15(19(25)26)23-12-22-17(13-6-2-1-3-7-13)18(23)14-8-4-5-11-21-14/h1-8,11-12,15H,9-10H2,(H2,20,24)(H,25,26)/t15-/m0/s1. The van der Waals surface area contributed by atoms with Crippen molar-refractivity contribution >= 4 is 11.9 Å². The Bertz CT molecular complexity index is 907. The number of nitrogens with two attached hydrogens (primary N) is 1. The Morgan fingerprint density at radius 2 is 1.81 bits per heavy atom. The summed E-state index contributed by atoms with van der Waals surface area (Å²) >= 11 is 0. The van der Waals surface area contributed by atoms with Crippen molar-refractivity contribution < 1.29 is 14.7 Å². The third-order valence-electron chi connectivity index (χ3n) is 4.03. The molecule has 2 heterocycles. The average molecular weight is 350 g/mol. The summed E-state index contributed by atoms with van der Waals surface area (Å²) in [5.74, 6) is -1.60. The molecule has 0 saturated heterocycles. The monoisotopic (exact) mass is 350 g/mol. The summed E-state index contributed by atoms with van der Waals surface area (Å²) in [6.07, 6.45) is 3.17. The van der Waals surface area contributed by atoms with Gasteiger partial charge < -0.3 is 15.4 Å². The highest BCUT2D eigenvalue weighted by molar-refractivity contribution is 5.80. The minimum atomic E-state index is -1.06. The van der Waals surface area contributed by atoms with Crippen molar-refractivity contribution in [3.63, 3.8) is 0 Å². The number of amides is 1. The molecule has 26 heavy (non-hydrogen) atoms. The van der Waals surface area contributed by atoms with Gasteiger partial charge in [0.2, 0.25) is 5.91 Å². The summed E-state index contributed by atoms with van der Waals surface area (Å²) < 4.78 is 1.55. The van der Waals surface area contributed by atoms with Gasteiger partial charge in [-0.3, -0.25) is 9.78 Å². The van der Waals surface area contributed by atoms with E-state index in [2.05, 4.69) is 9.97 Å². The second-order valence-corrected chi connectivity index (χ2v) is 5.79. The molecule has 0 fully saturated rings. The molecule has 7 nitrogen and oxygen atoms in total. The van der Waals surface area contributed by atoms with Gasteiger partial charge >= 0.3 is 5.97 Å². The molecule has 2 aromatic heterocycles. The van der Waals surface area contributed by atoms with E-state index in [1.54, 1.807) is 22.9 Å². The predicted molar refractivity (Wildman–Crippen MR) is 96.0 cm³/mol. The van der Waals surface area contributed by atoms with Gasteiger partial charge in [0, 0.05) is 18.2 Å². The smallest absolute Gasteiger partial charge is 0.326 e. The van der Waals surface area contributed by atoms with Crippen LogP contribution < -0.4 is 5.73 Å². The molecule has 0 saturated carbocycles. The van der Waals surface area contributed by atoms with Crippen LogP contribution in [0.1, 0.15) is 18.9 Å². The minimum Gasteiger partial charge on any atom is -0.480 e. The van der Waals surface area contributed by atoms with E-state index in [9.17, 15) is 14.7 Å². The van der Waals surface area contributed by atoms with E-state index < -0.39 is 17.9 Å². The Kier molecular flexibility index (Phi) is 5.07. The van der Waals surface area contributed by atoms with E-state index in [-0.39, 0.29) is 12.8 Å². The first-order chi connectivity index (χ1) is 12.6. The summed E-state index contributed by atoms with van der Waals surface area (Å²) in [7, 11) is 0. The number of nitrogens with zero attached hydrogens (tertiary/aromatic N) is 3. The first kappa shape index (κ1) is 17.3. The lowest BCUT2D eigenvalue weighted by molar-refractivity contribution is -0.141. The normalized spacial score (nSPS) is 11.8. The first-order valence-electron chi connectivity index (χ1n) is 8.12. The Hall–Kier alpha value is -3.48. The highest BCUT2D eigenvalue weighted by Gasteiger charge is 2.26. The van der Waals surface area contributed by atoms with Gasteiger partial charge in [-0.25, -0.2) is 9.78 Å². The van der Waals surface area contributed by atoms with Crippen LogP contribution in [-0.2, 0) is 9.59 Å². The SMILES string of the molecule is NC(=O)CC[C@@H](C(=O)O)n1cnc(-c2ccccc2)c1-c1ccccn1. The van der Waals surface area contributed by atoms with Gasteiger partial charge in [-0.15, -0.1) is 0 Å². The van der Waals surface area contributed by atoms with E-state index in [4.69, 9.17) is 5.73 Å². The Labute approximate surface area is 150 Å². The zero-order valence-electron chi connectivity index (χ0n) is 13.9. The van der Waals surface area contributed by atoms with Crippen molar-refractivity contribution in [1.29, 1.82) is 0 Å². The third-order valence-corrected chi connectivity index (χ3v) is 4.03. The quantitative estimate of drug-likeness (QED) is 0.680. The number of carboxylic acids is 1. The zero-order chi connectivity index (χ0) is 18.5. The maximum Gasteiger partial charge on any atom is 0.326 e. The third kappa shape index (κ3) is 3.61. The molecule has 7 heteroatoms. The van der Waals surface area contributed by atoms with Gasteiger partial charge in [0.05, 0.1) is 23.4 Å². The minimum absolute atomic E-state index is 0.0303. The van der Waals surface area contributed by atoms with Crippen LogP contribution in [0.4, 0.5) is 0 Å². The van der Waals surface area contributed by atoms with Gasteiger partial charge in [-0.2, -0.15) is 0 Å². The van der Waals surface area contributed by atoms with Gasteiger partial charge in [-0.1, -0.05) is 36.4 Å². The molecular weight excluding hydrogens is 332 g/mol. The number of rotatable bonds is 7. The number of imidazole rings is 1. The average Bonchev–Trinajstić information content (AvgIpc) is 3.07. The van der Waals surface area contributed by atoms with E-state index >= 15 is 0 Å². The molecular formula is C19H18N4O3. The van der Waals surface area contributed by atoms with Gasteiger partial charge in [0.15, 0.2) is 0 Å². The topological polar surface area (TPSA) is 111 Å². The lowest BCUT2D eigenvalue weighted by atomic mass is 10.1. The molecule has 3 N–H and O–H groups in total. The van der Waals surface area contributed by atoms with Crippen LogP contribution in [0.15, 0.2) is 61.1 Å². The Morgan fingerprint density at radius 3 is 2.42 bits per heavy atom. The van der Waals surface area contributed by atoms with Crippen LogP contribution in [0.25, 0.3) is 22.6 Å². The van der Waals surface area contributed by atoms with Crippen LogP contribution in [0.5, 0.6) is 0 Å². The van der Waals surface area contributed by atoms with Crippen molar-refractivity contribution in [3.8, 4) is 22.6 Å². The van der Waals surface area contributed by atoms with Crippen molar-refractivity contribution in [2.24, 2.45) is 5.73 Å². The van der Waals surface area contributed by atoms with Gasteiger partial charge in [-0.05, 0) is 18.6 Å². The van der Waals surface area contributed by atoms with Crippen LogP contribution in [0, 0.1) is 0 Å². The lowest BCUT2D eigenvalue weighted by Crippen LogP contribution is -2.22. The van der Waals surface area contributed by atoms with Crippen LogP contribution >= 0.6 is 0 Å². The number of aliphatic carboxylic acids is 1. The van der Waals surface area contributed by atoms with Crippen LogP contribution in [0.3, 0.4) is 0 Å². The number of carbonyl (C=O) groups is 2. The maximum atomic E-state index is 11.8. The molecule has 0 unspecified atom stereocenters. The number of primary amides is 1. The number of hydrogen-bond donors (Lipinski definition) is 2. The fourth-order valence-electron chi connectivity index (χ4n) is 2.82. The Balaban J connectivity index is 2.15. The van der Waals surface area contributed by atoms with E-state index in [0.717, 1.165) is 5.56 Å². The van der Waals surface area contributed by atoms with Crippen molar-refractivity contribution in [1.82, 2.24) is 14.5 Å². The largest absolute Gasteiger partial charge is 0.480 e. The number of carboxylic acid groups (broad SMARTS) is 1. The molecule has 0 bridgehead atoms. The molecule has 1 amide bonds. The van der Waals surface area contributed by atoms with Gasteiger partial charge in [0.25, 0.3) is 0 Å². The molecule has 3 rings (SSSR count). The van der Waals surface area contributed by atoms with Crippen LogP contribution in [-0.4, -0.2) is 31.5 Å². The molecule has 0 radical (unpaired) electrons. The zero-order valence-corrected chi connectivity index (χ0v) is 13.9. The van der Waals surface area contributed by atoms with Crippen LogP contribution in [0.2, 0.25) is 0 Å². The van der Waals surface area contributed by atoms with Crippen molar-refractivity contribution in [2.45, 2.75) is 18.9 Å². The molecule has 0 spiro atoms. The van der Waals surface area contributed by atoms with E-state index in [1.807, 2.05) is 36.4 Å². The summed E-state index contributed by atoms with van der Waals surface area (Å²) in [6, 6.07) is 13.9. The molecule has 0 aliphatic carbocycles. The van der Waals surface area contributed by atoms with E-state index in [1.165, 1.54) is 6.33 Å². The number of pyridine rings is 1. The maximum absolute atomic E-state index is 11.8. The second kappa shape index (κ2) is 7.60. The molecule has 132 valence electrons. The molecule has 1 aromatic carbocycles. The summed E-state index contributed by atoms with van der Waals surface area (Å²) in [5, 5.41) is 9.67. The number of hydrogen-bond acceptors (Lipinski definition) is 4. The fourth-order valence-corrected chi connectivity index (χ4v) is 2.82. The first-order valence-corrected chi connectivity index (χ1v) is 8.12. The molecule has 0 aliphatic heterocycles. The fraction of sp³-hybridized carbons (Fsp3) is 0.158. The highest BCUT2D eigenvalue weighted by atomic mass is 16.4. The predicted octanol–water partition coefficient (Wildman–Crippen LogP) is 2.50. The lowest BCUT2D eigenvalue weighted by Gasteiger charge is -2.17. The Morgan fingerprint density at radius 1 is 1.08 bits per heavy atom. The van der Waals surface area contributed by atoms with E-state index in [0.29, 0.717) is 17.1 Å². The van der Waals surface area contributed by atoms with Gasteiger partial charge in [0.1, 0.15) is 6.04 Å². The van der Waals surface area contributed by atoms with Crippen molar-refractivity contribution in [3.05, 3.63) is 61.1 Å². The number of aromatic nitrogens is 3. The second-order valence-electron chi connectivity index (χ2n) is 5.79. The summed E-state index contributed by atoms with van der Waals surface area (Å²) in [5.41, 5.74) is 7.88. The number of carbonyl (C=O) groups excluding carboxylic acids is 1. The van der Waals surface area contributed by atoms with Crippen molar-refractivity contribution in [2.75, 3.05) is 0 Å². The summed E-state index contributed by atoms with van der Waals surface area (Å²) in [6.45, 7) is 0. The molecule has 1 atom stereocenters. The summed E-state index contributed by atoms with van der Waals surface area (Å²) in [4.78, 5) is 31.7. The molecule has 0 aliphatic rings. The highest BCUT2D eigenvalue weighted by Crippen LogP contribution is 2.33. The number of benzene rings is 1.